The second kappa shape index (κ2) is 8.20. The average Bonchev–Trinajstić information content (AvgIpc) is 3.37. The molecule has 0 aliphatic heterocycles. The molecule has 2 heterocycles. The summed E-state index contributed by atoms with van der Waals surface area (Å²) in [5.74, 6) is -0.540. The fourth-order valence-corrected chi connectivity index (χ4v) is 4.60. The number of benzene rings is 2. The molecule has 2 N–H and O–H groups in total. The van der Waals surface area contributed by atoms with E-state index in [0.29, 0.717) is 17.6 Å². The summed E-state index contributed by atoms with van der Waals surface area (Å²) >= 11 is 0.930. The van der Waals surface area contributed by atoms with Crippen LogP contribution in [0.15, 0.2) is 66.0 Å². The third-order valence-corrected chi connectivity index (χ3v) is 6.44. The van der Waals surface area contributed by atoms with Gasteiger partial charge >= 0.3 is 0 Å². The van der Waals surface area contributed by atoms with Gasteiger partial charge < -0.3 is 9.88 Å². The van der Waals surface area contributed by atoms with Gasteiger partial charge in [-0.05, 0) is 42.5 Å². The van der Waals surface area contributed by atoms with Crippen LogP contribution in [0, 0.1) is 5.82 Å². The lowest BCUT2D eigenvalue weighted by Crippen LogP contribution is -2.15. The zero-order valence-electron chi connectivity index (χ0n) is 15.4. The normalized spacial score (nSPS) is 11.5. The maximum Gasteiger partial charge on any atom is 0.263 e. The minimum atomic E-state index is -3.78. The number of carbonyl (C=O) groups is 1. The van der Waals surface area contributed by atoms with E-state index in [1.165, 1.54) is 36.7 Å². The molecule has 0 aliphatic carbocycles. The van der Waals surface area contributed by atoms with E-state index in [9.17, 15) is 17.6 Å². The smallest absolute Gasteiger partial charge is 0.263 e. The van der Waals surface area contributed by atoms with Crippen LogP contribution in [0.2, 0.25) is 0 Å². The van der Waals surface area contributed by atoms with Crippen molar-refractivity contribution in [2.75, 3.05) is 10.0 Å². The third-order valence-electron chi connectivity index (χ3n) is 4.37. The van der Waals surface area contributed by atoms with Gasteiger partial charge in [-0.25, -0.2) is 17.8 Å². The second-order valence-electron chi connectivity index (χ2n) is 6.36. The third kappa shape index (κ3) is 4.31. The second-order valence-corrected chi connectivity index (χ2v) is 8.82. The number of hydrogen-bond donors (Lipinski definition) is 2. The lowest BCUT2D eigenvalue weighted by Gasteiger charge is -2.09. The highest BCUT2D eigenvalue weighted by Gasteiger charge is 2.16. The Morgan fingerprint density at radius 1 is 1.13 bits per heavy atom. The van der Waals surface area contributed by atoms with E-state index in [2.05, 4.69) is 19.4 Å². The summed E-state index contributed by atoms with van der Waals surface area (Å²) in [6, 6.07) is 12.3. The standard InChI is InChI=1S/C19H16FN5O3S2/c20-16-2-1-3-17-15(16)8-10-25(17)11-9-18(26)23-13-4-6-14(7-5-13)30(27,28)24-19-21-12-22-29-19/h1-8,10,12H,9,11H2,(H,23,26)(H,21,22,24). The van der Waals surface area contributed by atoms with E-state index in [4.69, 9.17) is 0 Å². The number of amides is 1. The molecule has 0 radical (unpaired) electrons. The monoisotopic (exact) mass is 445 g/mol. The number of aryl methyl sites for hydroxylation is 1. The zero-order valence-corrected chi connectivity index (χ0v) is 17.1. The lowest BCUT2D eigenvalue weighted by atomic mass is 10.2. The van der Waals surface area contributed by atoms with Crippen LogP contribution in [0.25, 0.3) is 10.9 Å². The first-order chi connectivity index (χ1) is 14.4. The summed E-state index contributed by atoms with van der Waals surface area (Å²) in [6.45, 7) is 0.386. The number of nitrogens with zero attached hydrogens (tertiary/aromatic N) is 3. The molecule has 0 unspecified atom stereocenters. The van der Waals surface area contributed by atoms with Gasteiger partial charge in [0.1, 0.15) is 12.1 Å². The topological polar surface area (TPSA) is 106 Å². The first-order valence-electron chi connectivity index (χ1n) is 8.85. The summed E-state index contributed by atoms with van der Waals surface area (Å²) in [5, 5.41) is 3.41. The van der Waals surface area contributed by atoms with Crippen LogP contribution in [0.3, 0.4) is 0 Å². The van der Waals surface area contributed by atoms with Gasteiger partial charge in [-0.1, -0.05) is 6.07 Å². The molecule has 30 heavy (non-hydrogen) atoms. The largest absolute Gasteiger partial charge is 0.347 e. The Morgan fingerprint density at radius 2 is 1.93 bits per heavy atom. The number of anilines is 2. The molecular formula is C19H16FN5O3S2. The van der Waals surface area contributed by atoms with Crippen LogP contribution in [-0.4, -0.2) is 28.2 Å². The number of sulfonamides is 1. The Morgan fingerprint density at radius 3 is 2.67 bits per heavy atom. The molecule has 11 heteroatoms. The minimum absolute atomic E-state index is 0.0385. The zero-order chi connectivity index (χ0) is 21.1. The Balaban J connectivity index is 1.37. The Kier molecular flexibility index (Phi) is 5.46. The summed E-state index contributed by atoms with van der Waals surface area (Å²) in [4.78, 5) is 16.1. The molecule has 8 nitrogen and oxygen atoms in total. The van der Waals surface area contributed by atoms with Crippen molar-refractivity contribution < 1.29 is 17.6 Å². The van der Waals surface area contributed by atoms with Crippen LogP contribution in [-0.2, 0) is 21.4 Å². The SMILES string of the molecule is O=C(CCn1ccc2c(F)cccc21)Nc1ccc(S(=O)(=O)Nc2ncns2)cc1. The molecule has 1 amide bonds. The summed E-state index contributed by atoms with van der Waals surface area (Å²) in [6.07, 6.45) is 3.18. The Bertz CT molecular complexity index is 1290. The number of rotatable bonds is 7. The summed E-state index contributed by atoms with van der Waals surface area (Å²) in [5.41, 5.74) is 1.19. The average molecular weight is 446 g/mol. The van der Waals surface area contributed by atoms with Gasteiger partial charge in [0, 0.05) is 41.8 Å². The molecule has 0 atom stereocenters. The van der Waals surface area contributed by atoms with Crippen molar-refractivity contribution >= 4 is 49.2 Å². The van der Waals surface area contributed by atoms with Crippen molar-refractivity contribution in [3.05, 3.63) is 66.9 Å². The van der Waals surface area contributed by atoms with Crippen molar-refractivity contribution in [2.24, 2.45) is 0 Å². The molecular weight excluding hydrogens is 429 g/mol. The molecule has 4 aromatic rings. The highest BCUT2D eigenvalue weighted by atomic mass is 32.2. The van der Waals surface area contributed by atoms with E-state index in [1.54, 1.807) is 24.4 Å². The van der Waals surface area contributed by atoms with Crippen LogP contribution < -0.4 is 10.0 Å². The molecule has 154 valence electrons. The molecule has 2 aromatic heterocycles. The van der Waals surface area contributed by atoms with Crippen LogP contribution >= 0.6 is 11.5 Å². The first-order valence-corrected chi connectivity index (χ1v) is 11.1. The van der Waals surface area contributed by atoms with Crippen molar-refractivity contribution in [3.8, 4) is 0 Å². The number of carbonyl (C=O) groups excluding carboxylic acids is 1. The van der Waals surface area contributed by atoms with Crippen molar-refractivity contribution in [1.29, 1.82) is 0 Å². The fourth-order valence-electron chi connectivity index (χ4n) is 2.94. The number of aromatic nitrogens is 3. The van der Waals surface area contributed by atoms with E-state index >= 15 is 0 Å². The highest BCUT2D eigenvalue weighted by Crippen LogP contribution is 2.20. The van der Waals surface area contributed by atoms with Gasteiger partial charge in [-0.3, -0.25) is 9.52 Å². The van der Waals surface area contributed by atoms with E-state index in [-0.39, 0.29) is 28.2 Å². The highest BCUT2D eigenvalue weighted by molar-refractivity contribution is 7.93. The van der Waals surface area contributed by atoms with Gasteiger partial charge in [0.05, 0.1) is 10.4 Å². The van der Waals surface area contributed by atoms with Gasteiger partial charge in [0.15, 0.2) is 0 Å². The minimum Gasteiger partial charge on any atom is -0.347 e. The van der Waals surface area contributed by atoms with Gasteiger partial charge in [-0.2, -0.15) is 4.37 Å². The molecule has 0 bridgehead atoms. The predicted molar refractivity (Wildman–Crippen MR) is 112 cm³/mol. The Labute approximate surface area is 175 Å². The molecule has 0 saturated carbocycles. The van der Waals surface area contributed by atoms with Crippen molar-refractivity contribution in [3.63, 3.8) is 0 Å². The number of fused-ring (bicyclic) bond motifs is 1. The Hall–Kier alpha value is -3.31. The predicted octanol–water partition coefficient (Wildman–Crippen LogP) is 3.46. The molecule has 0 aliphatic rings. The maximum absolute atomic E-state index is 13.8. The maximum atomic E-state index is 13.8. The molecule has 2 aromatic carbocycles. The van der Waals surface area contributed by atoms with Crippen LogP contribution in [0.1, 0.15) is 6.42 Å². The van der Waals surface area contributed by atoms with Crippen LogP contribution in [0.4, 0.5) is 15.2 Å². The van der Waals surface area contributed by atoms with E-state index < -0.39 is 10.0 Å². The van der Waals surface area contributed by atoms with Gasteiger partial charge in [-0.15, -0.1) is 0 Å². The molecule has 0 saturated heterocycles. The van der Waals surface area contributed by atoms with E-state index in [1.807, 2.05) is 4.57 Å². The van der Waals surface area contributed by atoms with Crippen molar-refractivity contribution in [2.45, 2.75) is 17.9 Å². The lowest BCUT2D eigenvalue weighted by molar-refractivity contribution is -0.116. The molecule has 0 fully saturated rings. The molecule has 0 spiro atoms. The summed E-state index contributed by atoms with van der Waals surface area (Å²) < 4.78 is 46.3. The molecule has 4 rings (SSSR count). The van der Waals surface area contributed by atoms with Crippen LogP contribution in [0.5, 0.6) is 0 Å². The van der Waals surface area contributed by atoms with Gasteiger partial charge in [0.2, 0.25) is 11.0 Å². The first kappa shape index (κ1) is 20.0. The number of nitrogens with one attached hydrogen (secondary N) is 2. The fraction of sp³-hybridized carbons (Fsp3) is 0.105. The van der Waals surface area contributed by atoms with E-state index in [0.717, 1.165) is 17.0 Å². The number of hydrogen-bond acceptors (Lipinski definition) is 6. The quantitative estimate of drug-likeness (QED) is 0.453. The van der Waals surface area contributed by atoms with Crippen molar-refractivity contribution in [1.82, 2.24) is 13.9 Å². The summed E-state index contributed by atoms with van der Waals surface area (Å²) in [7, 11) is -3.78. The van der Waals surface area contributed by atoms with Gasteiger partial charge in [0.25, 0.3) is 10.0 Å². The number of halogens is 1.